The Morgan fingerprint density at radius 1 is 1.16 bits per heavy atom. The number of fused-ring (bicyclic) bond motifs is 1. The monoisotopic (exact) mass is 501 g/mol. The minimum absolute atomic E-state index is 0.209. The van der Waals surface area contributed by atoms with E-state index in [9.17, 15) is 9.90 Å². The number of carbonyl (C=O) groups excluding carboxylic acids is 1. The van der Waals surface area contributed by atoms with Gasteiger partial charge < -0.3 is 25.2 Å². The van der Waals surface area contributed by atoms with Crippen molar-refractivity contribution in [3.63, 3.8) is 0 Å². The SMILES string of the molecule is COc1ncc(-c2cc3c(c(Nc4ccc(C5CCN(CC(O)CO)CC5)cc4)n2)C(=O)[N]C=C3)cn1. The summed E-state index contributed by atoms with van der Waals surface area (Å²) < 4.78 is 5.05. The number of likely N-dealkylation sites (tertiary alicyclic amines) is 1. The van der Waals surface area contributed by atoms with Gasteiger partial charge in [0.15, 0.2) is 0 Å². The number of benzene rings is 1. The van der Waals surface area contributed by atoms with E-state index in [0.717, 1.165) is 37.2 Å². The summed E-state index contributed by atoms with van der Waals surface area (Å²) in [5, 5.41) is 26.0. The fourth-order valence-electron chi connectivity index (χ4n) is 4.74. The number of hydrogen-bond donors (Lipinski definition) is 3. The van der Waals surface area contributed by atoms with E-state index in [1.54, 1.807) is 18.5 Å². The first kappa shape index (κ1) is 24.8. The molecule has 0 saturated carbocycles. The van der Waals surface area contributed by atoms with Crippen molar-refractivity contribution in [1.29, 1.82) is 0 Å². The van der Waals surface area contributed by atoms with Gasteiger partial charge in [-0.05, 0) is 67.3 Å². The Kier molecular flexibility index (Phi) is 7.40. The molecule has 1 amide bonds. The molecular weight excluding hydrogens is 472 g/mol. The van der Waals surface area contributed by atoms with Crippen molar-refractivity contribution in [2.75, 3.05) is 38.7 Å². The van der Waals surface area contributed by atoms with Crippen LogP contribution in [0.4, 0.5) is 11.5 Å². The van der Waals surface area contributed by atoms with Gasteiger partial charge in [-0.25, -0.2) is 20.3 Å². The Labute approximate surface area is 215 Å². The van der Waals surface area contributed by atoms with Crippen molar-refractivity contribution in [2.45, 2.75) is 24.9 Å². The Morgan fingerprint density at radius 3 is 2.57 bits per heavy atom. The Morgan fingerprint density at radius 2 is 1.89 bits per heavy atom. The lowest BCUT2D eigenvalue weighted by Gasteiger charge is -2.33. The van der Waals surface area contributed by atoms with Crippen molar-refractivity contribution in [2.24, 2.45) is 0 Å². The van der Waals surface area contributed by atoms with Crippen LogP contribution in [0, 0.1) is 0 Å². The first-order valence-electron chi connectivity index (χ1n) is 12.3. The molecule has 3 N–H and O–H groups in total. The lowest BCUT2D eigenvalue weighted by Crippen LogP contribution is -2.39. The maximum Gasteiger partial charge on any atom is 0.316 e. The number of amides is 1. The zero-order valence-electron chi connectivity index (χ0n) is 20.5. The third kappa shape index (κ3) is 5.61. The summed E-state index contributed by atoms with van der Waals surface area (Å²) in [4.78, 5) is 27.9. The number of hydrogen-bond acceptors (Lipinski definition) is 9. The molecule has 0 aliphatic carbocycles. The standard InChI is InChI=1S/C27H29N6O4/c1-37-27-29-13-20(14-30-27)23-12-19-6-9-28-26(36)24(19)25(32-23)31-21-4-2-17(3-5-21)18-7-10-33(11-8-18)15-22(35)16-34/h2-6,9,12-14,18,22,34-35H,7-8,10-11,15-16H2,1H3,(H,31,32). The summed E-state index contributed by atoms with van der Waals surface area (Å²) in [6, 6.07) is 10.3. The van der Waals surface area contributed by atoms with Crippen molar-refractivity contribution < 1.29 is 19.7 Å². The second kappa shape index (κ2) is 11.0. The van der Waals surface area contributed by atoms with Gasteiger partial charge in [-0.15, -0.1) is 0 Å². The molecule has 10 nitrogen and oxygen atoms in total. The van der Waals surface area contributed by atoms with Crippen LogP contribution in [0.25, 0.3) is 17.3 Å². The Balaban J connectivity index is 1.34. The van der Waals surface area contributed by atoms with Crippen LogP contribution in [0.3, 0.4) is 0 Å². The highest BCUT2D eigenvalue weighted by molar-refractivity contribution is 6.05. The number of nitrogens with one attached hydrogen (secondary N) is 1. The molecule has 10 heteroatoms. The van der Waals surface area contributed by atoms with E-state index in [1.165, 1.54) is 18.9 Å². The number of aromatic nitrogens is 3. The molecule has 1 fully saturated rings. The average molecular weight is 502 g/mol. The van der Waals surface area contributed by atoms with E-state index >= 15 is 0 Å². The van der Waals surface area contributed by atoms with Crippen molar-refractivity contribution in [3.05, 3.63) is 65.6 Å². The predicted molar refractivity (Wildman–Crippen MR) is 139 cm³/mol. The van der Waals surface area contributed by atoms with E-state index in [1.807, 2.05) is 18.2 Å². The fourth-order valence-corrected chi connectivity index (χ4v) is 4.74. The number of methoxy groups -OCH3 is 1. The lowest BCUT2D eigenvalue weighted by atomic mass is 9.89. The quantitative estimate of drug-likeness (QED) is 0.426. The highest BCUT2D eigenvalue weighted by Crippen LogP contribution is 2.32. The predicted octanol–water partition coefficient (Wildman–Crippen LogP) is 2.55. The molecule has 4 heterocycles. The topological polar surface area (TPSA) is 135 Å². The summed E-state index contributed by atoms with van der Waals surface area (Å²) in [6.07, 6.45) is 7.84. The van der Waals surface area contributed by atoms with E-state index in [4.69, 9.17) is 14.8 Å². The smallest absolute Gasteiger partial charge is 0.316 e. The van der Waals surface area contributed by atoms with Gasteiger partial charge in [0.2, 0.25) is 0 Å². The number of aliphatic hydroxyl groups excluding tert-OH is 2. The molecule has 1 aromatic carbocycles. The van der Waals surface area contributed by atoms with Crippen molar-refractivity contribution in [1.82, 2.24) is 25.2 Å². The van der Waals surface area contributed by atoms with Crippen LogP contribution in [0.5, 0.6) is 6.01 Å². The number of ether oxygens (including phenoxy) is 1. The number of anilines is 2. The van der Waals surface area contributed by atoms with E-state index < -0.39 is 6.10 Å². The molecule has 0 spiro atoms. The largest absolute Gasteiger partial charge is 0.467 e. The van der Waals surface area contributed by atoms with Crippen LogP contribution in [0.15, 0.2) is 48.9 Å². The molecule has 1 unspecified atom stereocenters. The van der Waals surface area contributed by atoms with Gasteiger partial charge in [-0.1, -0.05) is 12.1 Å². The molecule has 0 bridgehead atoms. The zero-order valence-corrected chi connectivity index (χ0v) is 20.5. The molecular formula is C27H29N6O4. The number of carbonyl (C=O) groups is 1. The highest BCUT2D eigenvalue weighted by Gasteiger charge is 2.24. The van der Waals surface area contributed by atoms with Crippen LogP contribution in [-0.2, 0) is 0 Å². The summed E-state index contributed by atoms with van der Waals surface area (Å²) in [6.45, 7) is 2.07. The summed E-state index contributed by atoms with van der Waals surface area (Å²) >= 11 is 0. The summed E-state index contributed by atoms with van der Waals surface area (Å²) in [5.41, 5.74) is 4.52. The number of piperidine rings is 1. The van der Waals surface area contributed by atoms with Crippen LogP contribution in [-0.4, -0.2) is 75.4 Å². The number of β-amino-alcohol motifs (C(OH)–C–C–N with tert-alkyl or cyclic N) is 1. The number of rotatable bonds is 8. The first-order valence-corrected chi connectivity index (χ1v) is 12.3. The minimum Gasteiger partial charge on any atom is -0.467 e. The van der Waals surface area contributed by atoms with Crippen molar-refractivity contribution in [3.8, 4) is 17.3 Å². The molecule has 1 atom stereocenters. The van der Waals surface area contributed by atoms with Crippen LogP contribution < -0.4 is 15.4 Å². The number of nitrogens with zero attached hydrogens (tertiary/aromatic N) is 5. The van der Waals surface area contributed by atoms with Crippen molar-refractivity contribution >= 4 is 23.5 Å². The molecule has 2 aliphatic heterocycles. The van der Waals surface area contributed by atoms with Gasteiger partial charge in [-0.2, -0.15) is 0 Å². The lowest BCUT2D eigenvalue weighted by molar-refractivity contribution is 0.0513. The van der Waals surface area contributed by atoms with Gasteiger partial charge in [0.05, 0.1) is 31.1 Å². The molecule has 2 aromatic heterocycles. The van der Waals surface area contributed by atoms with Gasteiger partial charge in [0.25, 0.3) is 5.91 Å². The maximum absolute atomic E-state index is 12.6. The molecule has 37 heavy (non-hydrogen) atoms. The zero-order chi connectivity index (χ0) is 25.8. The van der Waals surface area contributed by atoms with Crippen LogP contribution in [0.1, 0.15) is 40.2 Å². The normalized spacial score (nSPS) is 16.7. The second-order valence-corrected chi connectivity index (χ2v) is 9.19. The number of aliphatic hydroxyl groups is 2. The second-order valence-electron chi connectivity index (χ2n) is 9.19. The molecule has 191 valence electrons. The van der Waals surface area contributed by atoms with Gasteiger partial charge in [0, 0.05) is 36.4 Å². The van der Waals surface area contributed by atoms with E-state index in [-0.39, 0.29) is 18.5 Å². The third-order valence-electron chi connectivity index (χ3n) is 6.73. The molecule has 1 saturated heterocycles. The maximum atomic E-state index is 12.6. The van der Waals surface area contributed by atoms with Gasteiger partial charge in [-0.3, -0.25) is 4.79 Å². The highest BCUT2D eigenvalue weighted by atomic mass is 16.5. The molecule has 3 aromatic rings. The Hall–Kier alpha value is -3.86. The summed E-state index contributed by atoms with van der Waals surface area (Å²) in [5.74, 6) is 0.510. The minimum atomic E-state index is -0.688. The Bertz CT molecular complexity index is 1270. The fraction of sp³-hybridized carbons (Fsp3) is 0.333. The molecule has 2 aliphatic rings. The number of pyridine rings is 1. The van der Waals surface area contributed by atoms with Crippen LogP contribution in [0.2, 0.25) is 0 Å². The average Bonchev–Trinajstić information content (AvgIpc) is 2.94. The van der Waals surface area contributed by atoms with Gasteiger partial charge in [0.1, 0.15) is 5.82 Å². The van der Waals surface area contributed by atoms with Crippen LogP contribution >= 0.6 is 0 Å². The first-order chi connectivity index (χ1) is 18.0. The molecule has 5 rings (SSSR count). The summed E-state index contributed by atoms with van der Waals surface area (Å²) in [7, 11) is 1.51. The third-order valence-corrected chi connectivity index (χ3v) is 6.73. The molecule has 1 radical (unpaired) electrons. The van der Waals surface area contributed by atoms with E-state index in [0.29, 0.717) is 35.1 Å². The van der Waals surface area contributed by atoms with Gasteiger partial charge >= 0.3 is 6.01 Å². The van der Waals surface area contributed by atoms with E-state index in [2.05, 4.69) is 37.6 Å².